The van der Waals surface area contributed by atoms with E-state index < -0.39 is 15.9 Å². The highest BCUT2D eigenvalue weighted by atomic mass is 35.5. The predicted octanol–water partition coefficient (Wildman–Crippen LogP) is 3.80. The van der Waals surface area contributed by atoms with Gasteiger partial charge in [-0.05, 0) is 44.5 Å². The Labute approximate surface area is 174 Å². The van der Waals surface area contributed by atoms with Gasteiger partial charge in [-0.3, -0.25) is 4.79 Å². The molecule has 7 nitrogen and oxygen atoms in total. The first-order valence-corrected chi connectivity index (χ1v) is 11.1. The molecule has 2 aliphatic rings. The molecule has 1 fully saturated rings. The monoisotopic (exact) mass is 436 g/mol. The number of anilines is 1. The summed E-state index contributed by atoms with van der Waals surface area (Å²) in [5, 5.41) is 2.77. The number of rotatable bonds is 2. The summed E-state index contributed by atoms with van der Waals surface area (Å²) in [4.78, 5) is 12.7. The third-order valence-electron chi connectivity index (χ3n) is 4.89. The van der Waals surface area contributed by atoms with E-state index in [1.54, 1.807) is 12.1 Å². The third kappa shape index (κ3) is 3.73. The molecule has 0 spiro atoms. The van der Waals surface area contributed by atoms with Gasteiger partial charge in [0.2, 0.25) is 10.0 Å². The SMILES string of the molecule is Cc1ccc2c(c1)NC(=O)c1cc(S(=O)(=O)N3C[C@@H](C)O[C@H](C)C3)c(Cl)cc1O2. The molecule has 2 aliphatic heterocycles. The van der Waals surface area contributed by atoms with Crippen LogP contribution in [0.1, 0.15) is 29.8 Å². The Morgan fingerprint density at radius 2 is 1.79 bits per heavy atom. The Balaban J connectivity index is 1.77. The number of aryl methyl sites for hydroxylation is 1. The lowest BCUT2D eigenvalue weighted by Crippen LogP contribution is -2.48. The minimum Gasteiger partial charge on any atom is -0.454 e. The molecule has 4 rings (SSSR count). The van der Waals surface area contributed by atoms with Gasteiger partial charge >= 0.3 is 0 Å². The van der Waals surface area contributed by atoms with Crippen LogP contribution in [-0.4, -0.2) is 43.9 Å². The molecule has 29 heavy (non-hydrogen) atoms. The highest BCUT2D eigenvalue weighted by Crippen LogP contribution is 2.40. The number of nitrogens with zero attached hydrogens (tertiary/aromatic N) is 1. The lowest BCUT2D eigenvalue weighted by atomic mass is 10.2. The number of fused-ring (bicyclic) bond motifs is 2. The van der Waals surface area contributed by atoms with Gasteiger partial charge in [0.25, 0.3) is 5.91 Å². The lowest BCUT2D eigenvalue weighted by Gasteiger charge is -2.34. The van der Waals surface area contributed by atoms with Crippen molar-refractivity contribution in [2.45, 2.75) is 37.9 Å². The van der Waals surface area contributed by atoms with Crippen molar-refractivity contribution in [3.63, 3.8) is 0 Å². The number of morpholine rings is 1. The maximum atomic E-state index is 13.3. The minimum atomic E-state index is -3.92. The maximum absolute atomic E-state index is 13.3. The fourth-order valence-electron chi connectivity index (χ4n) is 3.60. The second-order valence-corrected chi connectivity index (χ2v) is 9.73. The molecule has 0 aromatic heterocycles. The van der Waals surface area contributed by atoms with Crippen LogP contribution in [0.25, 0.3) is 0 Å². The number of ether oxygens (including phenoxy) is 2. The Hall–Kier alpha value is -2.13. The van der Waals surface area contributed by atoms with Crippen molar-refractivity contribution in [2.75, 3.05) is 18.4 Å². The molecular weight excluding hydrogens is 416 g/mol. The summed E-state index contributed by atoms with van der Waals surface area (Å²) in [5.41, 5.74) is 1.58. The number of carbonyl (C=O) groups excluding carboxylic acids is 1. The van der Waals surface area contributed by atoms with Crippen LogP contribution in [-0.2, 0) is 14.8 Å². The van der Waals surface area contributed by atoms with Gasteiger partial charge in [-0.15, -0.1) is 0 Å². The van der Waals surface area contributed by atoms with E-state index in [2.05, 4.69) is 5.32 Å². The first-order valence-electron chi connectivity index (χ1n) is 9.24. The molecular formula is C20H21ClN2O5S. The fourth-order valence-corrected chi connectivity index (χ4v) is 5.71. The van der Waals surface area contributed by atoms with Gasteiger partial charge in [0.1, 0.15) is 10.6 Å². The standard InChI is InChI=1S/C20H21ClN2O5S/c1-11-4-5-17-16(6-11)22-20(24)14-7-19(15(21)8-18(14)28-17)29(25,26)23-9-12(2)27-13(3)10-23/h4-8,12-13H,9-10H2,1-3H3,(H,22,24)/t12-,13-/m1/s1. The number of benzene rings is 2. The zero-order valence-electron chi connectivity index (χ0n) is 16.2. The van der Waals surface area contributed by atoms with E-state index in [-0.39, 0.29) is 46.5 Å². The lowest BCUT2D eigenvalue weighted by molar-refractivity contribution is -0.0440. The van der Waals surface area contributed by atoms with Gasteiger partial charge in [0, 0.05) is 19.2 Å². The number of nitrogens with one attached hydrogen (secondary N) is 1. The third-order valence-corrected chi connectivity index (χ3v) is 7.18. The normalized spacial score (nSPS) is 22.1. The van der Waals surface area contributed by atoms with Crippen LogP contribution < -0.4 is 10.1 Å². The summed E-state index contributed by atoms with van der Waals surface area (Å²) in [6.07, 6.45) is -0.477. The zero-order valence-corrected chi connectivity index (χ0v) is 17.8. The van der Waals surface area contributed by atoms with Crippen LogP contribution in [0.5, 0.6) is 11.5 Å². The van der Waals surface area contributed by atoms with Crippen molar-refractivity contribution >= 4 is 33.2 Å². The van der Waals surface area contributed by atoms with Crippen molar-refractivity contribution < 1.29 is 22.7 Å². The van der Waals surface area contributed by atoms with Gasteiger partial charge in [-0.25, -0.2) is 8.42 Å². The second-order valence-electron chi connectivity index (χ2n) is 7.41. The number of hydrogen-bond donors (Lipinski definition) is 1. The van der Waals surface area contributed by atoms with Gasteiger partial charge in [-0.1, -0.05) is 17.7 Å². The molecule has 0 radical (unpaired) electrons. The van der Waals surface area contributed by atoms with Crippen molar-refractivity contribution in [1.29, 1.82) is 0 Å². The Morgan fingerprint density at radius 3 is 2.48 bits per heavy atom. The van der Waals surface area contributed by atoms with Crippen LogP contribution >= 0.6 is 11.6 Å². The molecule has 1 N–H and O–H groups in total. The number of halogens is 1. The average molecular weight is 437 g/mol. The second kappa shape index (κ2) is 7.28. The first-order chi connectivity index (χ1) is 13.6. The largest absolute Gasteiger partial charge is 0.454 e. The molecule has 2 aromatic carbocycles. The highest BCUT2D eigenvalue weighted by Gasteiger charge is 2.35. The minimum absolute atomic E-state index is 0.00101. The summed E-state index contributed by atoms with van der Waals surface area (Å²) in [6.45, 7) is 5.96. The van der Waals surface area contributed by atoms with E-state index in [4.69, 9.17) is 21.1 Å². The summed E-state index contributed by atoms with van der Waals surface area (Å²) < 4.78 is 39.3. The molecule has 1 amide bonds. The van der Waals surface area contributed by atoms with E-state index in [1.165, 1.54) is 16.4 Å². The zero-order chi connectivity index (χ0) is 20.9. The van der Waals surface area contributed by atoms with E-state index in [0.29, 0.717) is 11.4 Å². The molecule has 9 heteroatoms. The summed E-state index contributed by atoms with van der Waals surface area (Å²) in [6, 6.07) is 8.05. The molecule has 0 bridgehead atoms. The van der Waals surface area contributed by atoms with Crippen molar-refractivity contribution in [3.8, 4) is 11.5 Å². The number of amides is 1. The van der Waals surface area contributed by atoms with Crippen molar-refractivity contribution in [1.82, 2.24) is 4.31 Å². The Bertz CT molecular complexity index is 1090. The molecule has 0 aliphatic carbocycles. The molecule has 2 atom stereocenters. The average Bonchev–Trinajstić information content (AvgIpc) is 2.75. The van der Waals surface area contributed by atoms with Gasteiger partial charge in [-0.2, -0.15) is 4.31 Å². The van der Waals surface area contributed by atoms with Gasteiger partial charge in [0.15, 0.2) is 5.75 Å². The van der Waals surface area contributed by atoms with E-state index in [9.17, 15) is 13.2 Å². The van der Waals surface area contributed by atoms with Crippen molar-refractivity contribution in [3.05, 3.63) is 46.5 Å². The van der Waals surface area contributed by atoms with Crippen LogP contribution in [0, 0.1) is 6.92 Å². The predicted molar refractivity (Wildman–Crippen MR) is 109 cm³/mol. The Morgan fingerprint density at radius 1 is 1.10 bits per heavy atom. The smallest absolute Gasteiger partial charge is 0.259 e. The molecule has 0 unspecified atom stereocenters. The van der Waals surface area contributed by atoms with Gasteiger partial charge in [0.05, 0.1) is 28.5 Å². The molecule has 1 saturated heterocycles. The van der Waals surface area contributed by atoms with Crippen LogP contribution in [0.3, 0.4) is 0 Å². The molecule has 154 valence electrons. The number of sulfonamides is 1. The number of carbonyl (C=O) groups is 1. The van der Waals surface area contributed by atoms with E-state index in [1.807, 2.05) is 26.8 Å². The summed E-state index contributed by atoms with van der Waals surface area (Å²) >= 11 is 6.34. The molecule has 2 aromatic rings. The molecule has 2 heterocycles. The molecule has 0 saturated carbocycles. The van der Waals surface area contributed by atoms with Crippen LogP contribution in [0.15, 0.2) is 35.2 Å². The van der Waals surface area contributed by atoms with Crippen LogP contribution in [0.2, 0.25) is 5.02 Å². The first kappa shape index (κ1) is 20.2. The number of hydrogen-bond acceptors (Lipinski definition) is 5. The van der Waals surface area contributed by atoms with E-state index in [0.717, 1.165) is 5.56 Å². The maximum Gasteiger partial charge on any atom is 0.259 e. The highest BCUT2D eigenvalue weighted by molar-refractivity contribution is 7.89. The quantitative estimate of drug-likeness (QED) is 0.773. The van der Waals surface area contributed by atoms with Crippen molar-refractivity contribution in [2.24, 2.45) is 0 Å². The topological polar surface area (TPSA) is 84.9 Å². The fraction of sp³-hybridized carbons (Fsp3) is 0.350. The summed E-state index contributed by atoms with van der Waals surface area (Å²) in [5.74, 6) is 0.212. The van der Waals surface area contributed by atoms with Crippen LogP contribution in [0.4, 0.5) is 5.69 Å². The van der Waals surface area contributed by atoms with Gasteiger partial charge < -0.3 is 14.8 Å². The summed E-state index contributed by atoms with van der Waals surface area (Å²) in [7, 11) is -3.92. The Kier molecular flexibility index (Phi) is 5.06. The van der Waals surface area contributed by atoms with E-state index >= 15 is 0 Å².